The maximum atomic E-state index is 12.7. The molecule has 6 nitrogen and oxygen atoms in total. The van der Waals surface area contributed by atoms with Crippen LogP contribution in [-0.2, 0) is 4.74 Å². The number of rotatable bonds is 4. The predicted molar refractivity (Wildman–Crippen MR) is 114 cm³/mol. The standard InChI is InChI=1S/C23H36N4O2/c1-19(2)18-25-11-13-26(14-12-25)21-5-15-29-23(16-21)6-9-27(10-7-23)22(28)20-4-3-8-24-17-20/h3-4,8,17,19,21H,5-7,9-16,18H2,1-2H3/t21-/m0/s1. The maximum Gasteiger partial charge on any atom is 0.255 e. The van der Waals surface area contributed by atoms with Gasteiger partial charge in [0.1, 0.15) is 0 Å². The molecule has 0 saturated carbocycles. The van der Waals surface area contributed by atoms with Crippen LogP contribution in [-0.4, -0.2) is 89.7 Å². The molecule has 3 aliphatic rings. The lowest BCUT2D eigenvalue weighted by Gasteiger charge is -2.49. The van der Waals surface area contributed by atoms with Gasteiger partial charge in [0, 0.05) is 70.9 Å². The number of hydrogen-bond donors (Lipinski definition) is 0. The molecular weight excluding hydrogens is 364 g/mol. The van der Waals surface area contributed by atoms with Gasteiger partial charge >= 0.3 is 0 Å². The molecule has 0 unspecified atom stereocenters. The third-order valence-corrected chi connectivity index (χ3v) is 6.88. The third-order valence-electron chi connectivity index (χ3n) is 6.88. The second-order valence-corrected chi connectivity index (χ2v) is 9.44. The average molecular weight is 401 g/mol. The molecule has 3 saturated heterocycles. The van der Waals surface area contributed by atoms with Crippen LogP contribution < -0.4 is 0 Å². The number of hydrogen-bond acceptors (Lipinski definition) is 5. The van der Waals surface area contributed by atoms with Crippen molar-refractivity contribution in [1.82, 2.24) is 19.7 Å². The number of piperazine rings is 1. The van der Waals surface area contributed by atoms with Crippen LogP contribution >= 0.6 is 0 Å². The van der Waals surface area contributed by atoms with Crippen molar-refractivity contribution < 1.29 is 9.53 Å². The molecular formula is C23H36N4O2. The fourth-order valence-corrected chi connectivity index (χ4v) is 5.28. The summed E-state index contributed by atoms with van der Waals surface area (Å²) in [5.74, 6) is 0.842. The molecule has 1 spiro atoms. The molecule has 1 aromatic heterocycles. The summed E-state index contributed by atoms with van der Waals surface area (Å²) < 4.78 is 6.35. The van der Waals surface area contributed by atoms with Gasteiger partial charge in [-0.15, -0.1) is 0 Å². The Kier molecular flexibility index (Phi) is 6.52. The van der Waals surface area contributed by atoms with Crippen molar-refractivity contribution in [3.05, 3.63) is 30.1 Å². The fraction of sp³-hybridized carbons (Fsp3) is 0.739. The molecule has 4 heterocycles. The van der Waals surface area contributed by atoms with Crippen LogP contribution in [0.25, 0.3) is 0 Å². The smallest absolute Gasteiger partial charge is 0.255 e. The summed E-state index contributed by atoms with van der Waals surface area (Å²) in [6, 6.07) is 4.31. The van der Waals surface area contributed by atoms with Crippen molar-refractivity contribution in [2.24, 2.45) is 5.92 Å². The number of amides is 1. The van der Waals surface area contributed by atoms with E-state index < -0.39 is 0 Å². The van der Waals surface area contributed by atoms with Crippen molar-refractivity contribution in [2.75, 3.05) is 52.4 Å². The van der Waals surface area contributed by atoms with Crippen LogP contribution in [0.15, 0.2) is 24.5 Å². The molecule has 6 heteroatoms. The Labute approximate surface area is 175 Å². The number of carbonyl (C=O) groups is 1. The van der Waals surface area contributed by atoms with Gasteiger partial charge < -0.3 is 14.5 Å². The molecule has 4 rings (SSSR count). The molecule has 0 N–H and O–H groups in total. The number of likely N-dealkylation sites (tertiary alicyclic amines) is 1. The molecule has 1 aromatic rings. The summed E-state index contributed by atoms with van der Waals surface area (Å²) in [4.78, 5) is 24.1. The van der Waals surface area contributed by atoms with Crippen LogP contribution in [0.3, 0.4) is 0 Å². The van der Waals surface area contributed by atoms with E-state index in [0.717, 1.165) is 51.3 Å². The lowest BCUT2D eigenvalue weighted by Crippen LogP contribution is -2.57. The van der Waals surface area contributed by atoms with Gasteiger partial charge in [-0.3, -0.25) is 14.7 Å². The first-order valence-corrected chi connectivity index (χ1v) is 11.3. The number of nitrogens with zero attached hydrogens (tertiary/aromatic N) is 4. The first-order chi connectivity index (χ1) is 14.0. The van der Waals surface area contributed by atoms with Crippen LogP contribution in [0.5, 0.6) is 0 Å². The fourth-order valence-electron chi connectivity index (χ4n) is 5.28. The lowest BCUT2D eigenvalue weighted by atomic mass is 9.81. The van der Waals surface area contributed by atoms with Crippen molar-refractivity contribution in [3.63, 3.8) is 0 Å². The molecule has 3 fully saturated rings. The molecule has 0 aromatic carbocycles. The molecule has 160 valence electrons. The van der Waals surface area contributed by atoms with Gasteiger partial charge in [0.2, 0.25) is 0 Å². The second kappa shape index (κ2) is 9.11. The van der Waals surface area contributed by atoms with E-state index in [0.29, 0.717) is 11.6 Å². The van der Waals surface area contributed by atoms with Crippen molar-refractivity contribution >= 4 is 5.91 Å². The minimum Gasteiger partial charge on any atom is -0.375 e. The van der Waals surface area contributed by atoms with Gasteiger partial charge in [0.25, 0.3) is 5.91 Å². The Balaban J connectivity index is 1.29. The maximum absolute atomic E-state index is 12.7. The van der Waals surface area contributed by atoms with Gasteiger partial charge in [-0.2, -0.15) is 0 Å². The molecule has 1 amide bonds. The number of aromatic nitrogens is 1. The number of ether oxygens (including phenoxy) is 1. The van der Waals surface area contributed by atoms with Crippen molar-refractivity contribution in [3.8, 4) is 0 Å². The topological polar surface area (TPSA) is 48.9 Å². The summed E-state index contributed by atoms with van der Waals surface area (Å²) in [6.45, 7) is 13.0. The first kappa shape index (κ1) is 20.8. The van der Waals surface area contributed by atoms with Crippen LogP contribution in [0.4, 0.5) is 0 Å². The van der Waals surface area contributed by atoms with E-state index in [9.17, 15) is 4.79 Å². The highest BCUT2D eigenvalue weighted by molar-refractivity contribution is 5.93. The normalized spacial score (nSPS) is 26.2. The van der Waals surface area contributed by atoms with Gasteiger partial charge in [0.05, 0.1) is 11.2 Å². The molecule has 3 aliphatic heterocycles. The van der Waals surface area contributed by atoms with E-state index in [1.54, 1.807) is 12.4 Å². The average Bonchev–Trinajstić information content (AvgIpc) is 2.75. The van der Waals surface area contributed by atoms with Crippen molar-refractivity contribution in [1.29, 1.82) is 0 Å². The van der Waals surface area contributed by atoms with Gasteiger partial charge in [0.15, 0.2) is 0 Å². The van der Waals surface area contributed by atoms with E-state index in [4.69, 9.17) is 4.74 Å². The Morgan fingerprint density at radius 3 is 2.62 bits per heavy atom. The van der Waals surface area contributed by atoms with Gasteiger partial charge in [-0.25, -0.2) is 0 Å². The Bertz CT molecular complexity index is 665. The number of pyridine rings is 1. The summed E-state index contributed by atoms with van der Waals surface area (Å²) >= 11 is 0. The van der Waals surface area contributed by atoms with Crippen molar-refractivity contribution in [2.45, 2.75) is 51.2 Å². The number of carbonyl (C=O) groups excluding carboxylic acids is 1. The molecule has 0 radical (unpaired) electrons. The minimum atomic E-state index is -0.0380. The molecule has 29 heavy (non-hydrogen) atoms. The Morgan fingerprint density at radius 2 is 1.97 bits per heavy atom. The quantitative estimate of drug-likeness (QED) is 0.777. The highest BCUT2D eigenvalue weighted by Crippen LogP contribution is 2.37. The van der Waals surface area contributed by atoms with Crippen LogP contribution in [0, 0.1) is 5.92 Å². The van der Waals surface area contributed by atoms with E-state index in [-0.39, 0.29) is 11.5 Å². The zero-order valence-corrected chi connectivity index (χ0v) is 18.1. The summed E-state index contributed by atoms with van der Waals surface area (Å²) in [5, 5.41) is 0. The van der Waals surface area contributed by atoms with E-state index >= 15 is 0 Å². The van der Waals surface area contributed by atoms with Crippen LogP contribution in [0.1, 0.15) is 49.9 Å². The highest BCUT2D eigenvalue weighted by Gasteiger charge is 2.43. The molecule has 0 bridgehead atoms. The molecule has 0 aliphatic carbocycles. The Morgan fingerprint density at radius 1 is 1.21 bits per heavy atom. The predicted octanol–water partition coefficient (Wildman–Crippen LogP) is 2.51. The monoisotopic (exact) mass is 400 g/mol. The summed E-state index contributed by atoms with van der Waals surface area (Å²) in [5.41, 5.74) is 0.647. The SMILES string of the molecule is CC(C)CN1CCN([C@H]2CCOC3(CCN(C(=O)c4cccnc4)CC3)C2)CC1. The summed E-state index contributed by atoms with van der Waals surface area (Å²) in [6.07, 6.45) is 7.53. The van der Waals surface area contributed by atoms with E-state index in [1.807, 2.05) is 17.0 Å². The largest absolute Gasteiger partial charge is 0.375 e. The first-order valence-electron chi connectivity index (χ1n) is 11.3. The summed E-state index contributed by atoms with van der Waals surface area (Å²) in [7, 11) is 0. The minimum absolute atomic E-state index is 0.0380. The molecule has 1 atom stereocenters. The van der Waals surface area contributed by atoms with E-state index in [2.05, 4.69) is 28.6 Å². The van der Waals surface area contributed by atoms with Gasteiger partial charge in [-0.1, -0.05) is 13.8 Å². The van der Waals surface area contributed by atoms with Crippen LogP contribution in [0.2, 0.25) is 0 Å². The lowest BCUT2D eigenvalue weighted by molar-refractivity contribution is -0.132. The third kappa shape index (κ3) is 4.98. The zero-order chi connectivity index (χ0) is 20.3. The van der Waals surface area contributed by atoms with E-state index in [1.165, 1.54) is 32.7 Å². The number of piperidine rings is 1. The highest BCUT2D eigenvalue weighted by atomic mass is 16.5. The second-order valence-electron chi connectivity index (χ2n) is 9.44. The van der Waals surface area contributed by atoms with Gasteiger partial charge in [-0.05, 0) is 43.7 Å². The zero-order valence-electron chi connectivity index (χ0n) is 18.1. The Hall–Kier alpha value is -1.50.